The Balaban J connectivity index is 2.06. The van der Waals surface area contributed by atoms with Gasteiger partial charge in [-0.05, 0) is 54.5 Å². The fraction of sp³-hybridized carbons (Fsp3) is 0.188. The molecule has 0 aliphatic carbocycles. The molecule has 1 heterocycles. The van der Waals surface area contributed by atoms with Gasteiger partial charge in [0.25, 0.3) is 0 Å². The molecule has 0 saturated heterocycles. The van der Waals surface area contributed by atoms with Gasteiger partial charge in [-0.25, -0.2) is 0 Å². The second kappa shape index (κ2) is 5.13. The summed E-state index contributed by atoms with van der Waals surface area (Å²) >= 11 is 5.43. The molecule has 4 heteroatoms. The summed E-state index contributed by atoms with van der Waals surface area (Å²) in [5.41, 5.74) is 4.60. The summed E-state index contributed by atoms with van der Waals surface area (Å²) in [6.07, 6.45) is 0. The Hall–Kier alpha value is -2.07. The number of nitrogens with one attached hydrogen (secondary N) is 1. The largest absolute Gasteiger partial charge is 0.497 e. The molecule has 0 atom stereocenters. The van der Waals surface area contributed by atoms with Gasteiger partial charge in [0.05, 0.1) is 24.7 Å². The highest BCUT2D eigenvalue weighted by molar-refractivity contribution is 7.71. The van der Waals surface area contributed by atoms with E-state index in [9.17, 15) is 0 Å². The lowest BCUT2D eigenvalue weighted by atomic mass is 10.2. The molecule has 0 saturated carbocycles. The topological polar surface area (TPSA) is 29.9 Å². The highest BCUT2D eigenvalue weighted by Gasteiger charge is 2.05. The van der Waals surface area contributed by atoms with Crippen molar-refractivity contribution in [2.45, 2.75) is 13.5 Å². The number of methoxy groups -OCH3 is 1. The van der Waals surface area contributed by atoms with E-state index in [1.165, 1.54) is 11.1 Å². The maximum Gasteiger partial charge on any atom is 0.178 e. The standard InChI is InChI=1S/C16H16N2OS/c1-11-6-7-15-14(8-11)17-16(20)18(15)10-12-4-3-5-13(9-12)19-2/h3-9H,10H2,1-2H3,(H,17,20). The van der Waals surface area contributed by atoms with Crippen molar-refractivity contribution < 1.29 is 4.74 Å². The predicted molar refractivity (Wildman–Crippen MR) is 84.0 cm³/mol. The first kappa shape index (κ1) is 12.9. The normalized spacial score (nSPS) is 10.9. The summed E-state index contributed by atoms with van der Waals surface area (Å²) in [6.45, 7) is 2.81. The van der Waals surface area contributed by atoms with Crippen LogP contribution in [0.1, 0.15) is 11.1 Å². The van der Waals surface area contributed by atoms with Crippen molar-refractivity contribution in [3.63, 3.8) is 0 Å². The first-order valence-electron chi connectivity index (χ1n) is 6.49. The number of aromatic amines is 1. The van der Waals surface area contributed by atoms with Crippen molar-refractivity contribution in [1.29, 1.82) is 0 Å². The van der Waals surface area contributed by atoms with Gasteiger partial charge in [0, 0.05) is 0 Å². The third kappa shape index (κ3) is 2.34. The van der Waals surface area contributed by atoms with Gasteiger partial charge >= 0.3 is 0 Å². The zero-order valence-corrected chi connectivity index (χ0v) is 12.3. The van der Waals surface area contributed by atoms with Crippen LogP contribution in [0.3, 0.4) is 0 Å². The molecule has 0 radical (unpaired) electrons. The smallest absolute Gasteiger partial charge is 0.178 e. The monoisotopic (exact) mass is 284 g/mol. The minimum atomic E-state index is 0.735. The number of rotatable bonds is 3. The number of hydrogen-bond acceptors (Lipinski definition) is 2. The highest BCUT2D eigenvalue weighted by atomic mass is 32.1. The number of ether oxygens (including phenoxy) is 1. The molecular weight excluding hydrogens is 268 g/mol. The van der Waals surface area contributed by atoms with Crippen molar-refractivity contribution in [3.8, 4) is 5.75 Å². The number of hydrogen-bond donors (Lipinski definition) is 1. The Morgan fingerprint density at radius 2 is 2.05 bits per heavy atom. The second-order valence-corrected chi connectivity index (χ2v) is 5.28. The van der Waals surface area contributed by atoms with Crippen LogP contribution in [0, 0.1) is 11.7 Å². The first-order chi connectivity index (χ1) is 9.67. The van der Waals surface area contributed by atoms with Crippen molar-refractivity contribution in [3.05, 3.63) is 58.4 Å². The number of benzene rings is 2. The number of imidazole rings is 1. The summed E-state index contributed by atoms with van der Waals surface area (Å²) in [4.78, 5) is 3.26. The highest BCUT2D eigenvalue weighted by Crippen LogP contribution is 2.19. The van der Waals surface area contributed by atoms with Gasteiger partial charge in [0.15, 0.2) is 4.77 Å². The minimum Gasteiger partial charge on any atom is -0.497 e. The van der Waals surface area contributed by atoms with E-state index in [1.807, 2.05) is 18.2 Å². The molecule has 1 N–H and O–H groups in total. The molecule has 3 aromatic rings. The molecule has 0 unspecified atom stereocenters. The molecule has 0 aliphatic rings. The maximum absolute atomic E-state index is 5.43. The van der Waals surface area contributed by atoms with Crippen molar-refractivity contribution in [2.75, 3.05) is 7.11 Å². The van der Waals surface area contributed by atoms with E-state index in [0.717, 1.165) is 28.1 Å². The van der Waals surface area contributed by atoms with E-state index in [4.69, 9.17) is 17.0 Å². The number of aryl methyl sites for hydroxylation is 1. The van der Waals surface area contributed by atoms with Gasteiger partial charge in [-0.3, -0.25) is 0 Å². The van der Waals surface area contributed by atoms with Gasteiger partial charge in [-0.1, -0.05) is 18.2 Å². The lowest BCUT2D eigenvalue weighted by Crippen LogP contribution is -2.00. The zero-order chi connectivity index (χ0) is 14.1. The lowest BCUT2D eigenvalue weighted by Gasteiger charge is -2.07. The van der Waals surface area contributed by atoms with Crippen LogP contribution >= 0.6 is 12.2 Å². The van der Waals surface area contributed by atoms with Crippen LogP contribution in [0.25, 0.3) is 11.0 Å². The molecule has 0 fully saturated rings. The van der Waals surface area contributed by atoms with Gasteiger partial charge in [0.1, 0.15) is 5.75 Å². The van der Waals surface area contributed by atoms with Crippen molar-refractivity contribution in [1.82, 2.24) is 9.55 Å². The van der Waals surface area contributed by atoms with E-state index >= 15 is 0 Å². The van der Waals surface area contributed by atoms with Crippen LogP contribution in [0.5, 0.6) is 5.75 Å². The molecule has 20 heavy (non-hydrogen) atoms. The maximum atomic E-state index is 5.43. The first-order valence-corrected chi connectivity index (χ1v) is 6.90. The lowest BCUT2D eigenvalue weighted by molar-refractivity contribution is 0.414. The minimum absolute atomic E-state index is 0.735. The molecule has 3 rings (SSSR count). The van der Waals surface area contributed by atoms with Crippen LogP contribution in [0.2, 0.25) is 0 Å². The molecule has 102 valence electrons. The molecule has 0 aliphatic heterocycles. The average molecular weight is 284 g/mol. The fourth-order valence-electron chi connectivity index (χ4n) is 2.39. The Kier molecular flexibility index (Phi) is 3.32. The van der Waals surface area contributed by atoms with Gasteiger partial charge < -0.3 is 14.3 Å². The average Bonchev–Trinajstić information content (AvgIpc) is 2.74. The predicted octanol–water partition coefficient (Wildman–Crippen LogP) is 4.06. The van der Waals surface area contributed by atoms with Crippen LogP contribution in [0.4, 0.5) is 0 Å². The molecular formula is C16H16N2OS. The fourth-order valence-corrected chi connectivity index (χ4v) is 2.66. The van der Waals surface area contributed by atoms with Crippen LogP contribution in [0.15, 0.2) is 42.5 Å². The summed E-state index contributed by atoms with van der Waals surface area (Å²) in [5, 5.41) is 0. The quantitative estimate of drug-likeness (QED) is 0.735. The Bertz CT molecular complexity index is 817. The molecule has 0 amide bonds. The third-order valence-corrected chi connectivity index (χ3v) is 3.73. The van der Waals surface area contributed by atoms with Gasteiger partial charge in [-0.2, -0.15) is 0 Å². The Labute approximate surface area is 122 Å². The van der Waals surface area contributed by atoms with E-state index in [2.05, 4.69) is 40.7 Å². The van der Waals surface area contributed by atoms with E-state index in [1.54, 1.807) is 7.11 Å². The number of aromatic nitrogens is 2. The van der Waals surface area contributed by atoms with Crippen LogP contribution in [-0.4, -0.2) is 16.7 Å². The number of H-pyrrole nitrogens is 1. The summed E-state index contributed by atoms with van der Waals surface area (Å²) < 4.78 is 8.12. The summed E-state index contributed by atoms with van der Waals surface area (Å²) in [6, 6.07) is 14.4. The van der Waals surface area contributed by atoms with E-state index in [-0.39, 0.29) is 0 Å². The van der Waals surface area contributed by atoms with Crippen LogP contribution in [-0.2, 0) is 6.54 Å². The SMILES string of the molecule is COc1cccc(Cn2c(=S)[nH]c3cc(C)ccc32)c1. The number of fused-ring (bicyclic) bond motifs is 1. The van der Waals surface area contributed by atoms with Crippen molar-refractivity contribution in [2.24, 2.45) is 0 Å². The Morgan fingerprint density at radius 1 is 1.20 bits per heavy atom. The Morgan fingerprint density at radius 3 is 2.85 bits per heavy atom. The summed E-state index contributed by atoms with van der Waals surface area (Å²) in [7, 11) is 1.68. The van der Waals surface area contributed by atoms with Crippen LogP contribution < -0.4 is 4.74 Å². The molecule has 0 spiro atoms. The molecule has 1 aromatic heterocycles. The van der Waals surface area contributed by atoms with E-state index < -0.39 is 0 Å². The van der Waals surface area contributed by atoms with E-state index in [0.29, 0.717) is 0 Å². The van der Waals surface area contributed by atoms with Crippen molar-refractivity contribution >= 4 is 23.3 Å². The number of nitrogens with zero attached hydrogens (tertiary/aromatic N) is 1. The summed E-state index contributed by atoms with van der Waals surface area (Å²) in [5.74, 6) is 0.865. The molecule has 0 bridgehead atoms. The van der Waals surface area contributed by atoms with Gasteiger partial charge in [0.2, 0.25) is 0 Å². The zero-order valence-electron chi connectivity index (χ0n) is 11.5. The molecule has 2 aromatic carbocycles. The van der Waals surface area contributed by atoms with Gasteiger partial charge in [-0.15, -0.1) is 0 Å². The third-order valence-electron chi connectivity index (χ3n) is 3.40. The second-order valence-electron chi connectivity index (χ2n) is 4.89. The molecule has 3 nitrogen and oxygen atoms in total.